The molecule has 14 heavy (non-hydrogen) atoms. The molecule has 4 nitrogen and oxygen atoms in total. The standard InChI is InChI=1S/C7H15Cl2N2O2P/c8-2-5-11(6-3-9)14(12)10-4-1-7-13-14/h1-7H2,(H,10,12)/i1D2,2D2,4D2,7D2. The molecule has 0 bridgehead atoms. The van der Waals surface area contributed by atoms with Crippen molar-refractivity contribution in [2.45, 2.75) is 6.37 Å². The monoisotopic (exact) mass is 268 g/mol. The lowest BCUT2D eigenvalue weighted by Crippen LogP contribution is -2.35. The minimum absolute atomic E-state index is 0.138. The molecule has 1 aliphatic heterocycles. The average Bonchev–Trinajstić information content (AvgIpc) is 2.22. The minimum Gasteiger partial charge on any atom is -0.306 e. The molecule has 0 amide bonds. The summed E-state index contributed by atoms with van der Waals surface area (Å²) in [5.74, 6) is -2.49. The van der Waals surface area contributed by atoms with E-state index in [0.29, 0.717) is 0 Å². The van der Waals surface area contributed by atoms with Gasteiger partial charge in [-0.2, -0.15) is 0 Å². The van der Waals surface area contributed by atoms with E-state index in [1.54, 1.807) is 0 Å². The molecule has 1 fully saturated rings. The Morgan fingerprint density at radius 1 is 1.64 bits per heavy atom. The van der Waals surface area contributed by atoms with Gasteiger partial charge >= 0.3 is 7.67 Å². The molecule has 0 aromatic rings. The van der Waals surface area contributed by atoms with Gasteiger partial charge in [-0.3, -0.25) is 4.57 Å². The summed E-state index contributed by atoms with van der Waals surface area (Å²) in [6.07, 6.45) is -3.14. The number of hydrogen-bond donors (Lipinski definition) is 1. The Morgan fingerprint density at radius 2 is 2.43 bits per heavy atom. The second-order valence-corrected chi connectivity index (χ2v) is 4.94. The lowest BCUT2D eigenvalue weighted by atomic mass is 10.5. The first-order chi connectivity index (χ1) is 9.58. The van der Waals surface area contributed by atoms with Crippen LogP contribution in [0.4, 0.5) is 0 Å². The Kier molecular flexibility index (Phi) is 2.41. The summed E-state index contributed by atoms with van der Waals surface area (Å²) in [7, 11) is -4.48. The van der Waals surface area contributed by atoms with Crippen LogP contribution in [0.2, 0.25) is 0 Å². The maximum Gasteiger partial charge on any atom is 0.343 e. The van der Waals surface area contributed by atoms with Crippen LogP contribution >= 0.6 is 30.9 Å². The quantitative estimate of drug-likeness (QED) is 0.611. The van der Waals surface area contributed by atoms with E-state index in [-0.39, 0.29) is 12.4 Å². The normalized spacial score (nSPS) is 48.5. The summed E-state index contributed by atoms with van der Waals surface area (Å²) in [6, 6.07) is 0. The number of nitrogens with zero attached hydrogens (tertiary/aromatic N) is 1. The lowest BCUT2D eigenvalue weighted by Gasteiger charge is -2.33. The zero-order valence-corrected chi connectivity index (χ0v) is 9.49. The molecule has 0 radical (unpaired) electrons. The van der Waals surface area contributed by atoms with E-state index in [1.165, 1.54) is 0 Å². The van der Waals surface area contributed by atoms with E-state index in [9.17, 15) is 4.57 Å². The molecule has 1 N–H and O–H groups in total. The lowest BCUT2D eigenvalue weighted by molar-refractivity contribution is 0.233. The molecule has 0 aromatic carbocycles. The molecular weight excluding hydrogens is 246 g/mol. The molecule has 84 valence electrons. The van der Waals surface area contributed by atoms with Crippen LogP contribution in [0.5, 0.6) is 0 Å². The van der Waals surface area contributed by atoms with Gasteiger partial charge in [0, 0.05) is 39.5 Å². The van der Waals surface area contributed by atoms with E-state index in [4.69, 9.17) is 34.2 Å². The molecule has 1 aliphatic rings. The van der Waals surface area contributed by atoms with Crippen LogP contribution in [-0.2, 0) is 9.09 Å². The zero-order valence-electron chi connectivity index (χ0n) is 15.1. The molecule has 0 saturated carbocycles. The molecule has 0 spiro atoms. The van der Waals surface area contributed by atoms with E-state index >= 15 is 0 Å². The molecule has 1 unspecified atom stereocenters. The Bertz CT molecular complexity index is 450. The second kappa shape index (κ2) is 6.31. The first-order valence-corrected chi connectivity index (χ1v) is 6.18. The summed E-state index contributed by atoms with van der Waals surface area (Å²) in [4.78, 5) is 0. The summed E-state index contributed by atoms with van der Waals surface area (Å²) in [6.45, 7) is -7.19. The van der Waals surface area contributed by atoms with Crippen LogP contribution in [0.1, 0.15) is 17.3 Å². The van der Waals surface area contributed by atoms with E-state index in [2.05, 4.69) is 4.52 Å². The largest absolute Gasteiger partial charge is 0.343 e. The summed E-state index contributed by atoms with van der Waals surface area (Å²) in [5.41, 5.74) is 0. The van der Waals surface area contributed by atoms with Crippen molar-refractivity contribution >= 4 is 30.9 Å². The van der Waals surface area contributed by atoms with Crippen molar-refractivity contribution in [3.63, 3.8) is 0 Å². The van der Waals surface area contributed by atoms with E-state index in [1.807, 2.05) is 5.09 Å². The molecule has 0 aliphatic carbocycles. The Labute approximate surface area is 106 Å². The Hall–Kier alpha value is 0.690. The third-order valence-electron chi connectivity index (χ3n) is 1.44. The fraction of sp³-hybridized carbons (Fsp3) is 1.00. The van der Waals surface area contributed by atoms with Crippen molar-refractivity contribution in [3.8, 4) is 0 Å². The summed E-state index contributed by atoms with van der Waals surface area (Å²) < 4.78 is 78.1. The predicted octanol–water partition coefficient (Wildman–Crippen LogP) is 1.88. The third kappa shape index (κ3) is 3.37. The van der Waals surface area contributed by atoms with Crippen LogP contribution in [0.15, 0.2) is 0 Å². The molecule has 1 atom stereocenters. The van der Waals surface area contributed by atoms with Crippen molar-refractivity contribution in [2.75, 3.05) is 37.9 Å². The van der Waals surface area contributed by atoms with E-state index in [0.717, 1.165) is 4.67 Å². The van der Waals surface area contributed by atoms with Gasteiger partial charge in [-0.1, -0.05) is 0 Å². The van der Waals surface area contributed by atoms with Crippen molar-refractivity contribution in [3.05, 3.63) is 0 Å². The smallest absolute Gasteiger partial charge is 0.306 e. The Morgan fingerprint density at radius 3 is 3.00 bits per heavy atom. The minimum atomic E-state index is -4.48. The zero-order chi connectivity index (χ0) is 17.6. The molecule has 1 rings (SSSR count). The van der Waals surface area contributed by atoms with Crippen molar-refractivity contribution < 1.29 is 20.1 Å². The van der Waals surface area contributed by atoms with Gasteiger partial charge in [-0.05, 0) is 6.37 Å². The fourth-order valence-corrected chi connectivity index (χ4v) is 2.67. The maximum absolute atomic E-state index is 12.8. The number of hydrogen-bond acceptors (Lipinski definition) is 2. The van der Waals surface area contributed by atoms with Gasteiger partial charge in [-0.25, -0.2) is 9.76 Å². The van der Waals surface area contributed by atoms with Crippen molar-refractivity contribution in [2.24, 2.45) is 0 Å². The highest BCUT2D eigenvalue weighted by atomic mass is 35.5. The number of halogens is 2. The highest BCUT2D eigenvalue weighted by Crippen LogP contribution is 2.47. The van der Waals surface area contributed by atoms with Gasteiger partial charge in [0.1, 0.15) is 0 Å². The number of alkyl halides is 2. The second-order valence-electron chi connectivity index (χ2n) is 2.29. The van der Waals surface area contributed by atoms with Gasteiger partial charge in [0.2, 0.25) is 0 Å². The van der Waals surface area contributed by atoms with Gasteiger partial charge in [0.25, 0.3) is 0 Å². The molecule has 7 heteroatoms. The summed E-state index contributed by atoms with van der Waals surface area (Å²) >= 11 is 11.0. The average molecular weight is 269 g/mol. The first kappa shape index (κ1) is 5.35. The van der Waals surface area contributed by atoms with Crippen LogP contribution in [0.25, 0.3) is 0 Å². The van der Waals surface area contributed by atoms with Gasteiger partial charge in [0.05, 0.1) is 9.30 Å². The predicted molar refractivity (Wildman–Crippen MR) is 59.2 cm³/mol. The van der Waals surface area contributed by atoms with Crippen LogP contribution in [0.3, 0.4) is 0 Å². The fourth-order valence-electron chi connectivity index (χ4n) is 0.830. The topological polar surface area (TPSA) is 41.6 Å². The van der Waals surface area contributed by atoms with Gasteiger partial charge in [-0.15, -0.1) is 23.2 Å². The Balaban J connectivity index is 3.23. The molecule has 1 heterocycles. The van der Waals surface area contributed by atoms with Crippen LogP contribution in [-0.4, -0.2) is 42.5 Å². The van der Waals surface area contributed by atoms with E-state index < -0.39 is 39.5 Å². The summed E-state index contributed by atoms with van der Waals surface area (Å²) in [5, 5.41) is 1.82. The highest BCUT2D eigenvalue weighted by Gasteiger charge is 2.32. The molecular formula is C7H15Cl2N2O2P. The first-order valence-electron chi connectivity index (χ1n) is 7.69. The number of rotatable bonds is 5. The molecule has 0 aromatic heterocycles. The maximum atomic E-state index is 12.8. The van der Waals surface area contributed by atoms with Crippen LogP contribution in [0, 0.1) is 0 Å². The van der Waals surface area contributed by atoms with Gasteiger partial charge in [0.15, 0.2) is 0 Å². The van der Waals surface area contributed by atoms with Crippen molar-refractivity contribution in [1.82, 2.24) is 9.76 Å². The SMILES string of the molecule is [2H]C([2H])(Cl)CN(CCCl)P1(=O)NC([2H])([2H])C([2H])([2H])C([2H])([2H])O1. The third-order valence-corrected chi connectivity index (χ3v) is 3.55. The highest BCUT2D eigenvalue weighted by molar-refractivity contribution is 7.54. The van der Waals surface area contributed by atoms with Crippen molar-refractivity contribution in [1.29, 1.82) is 0 Å². The molecule has 1 saturated heterocycles. The van der Waals surface area contributed by atoms with Crippen LogP contribution < -0.4 is 5.09 Å². The van der Waals surface area contributed by atoms with Gasteiger partial charge < -0.3 is 4.52 Å². The number of nitrogens with one attached hydrogen (secondary N) is 1.